The van der Waals surface area contributed by atoms with Crippen LogP contribution in [0.1, 0.15) is 0 Å². The van der Waals surface area contributed by atoms with Crippen LogP contribution in [0.2, 0.25) is 0 Å². The lowest BCUT2D eigenvalue weighted by Crippen LogP contribution is -1.86. The minimum Gasteiger partial charge on any atom is -0.220 e. The van der Waals surface area contributed by atoms with Crippen molar-refractivity contribution in [3.05, 3.63) is 24.8 Å². The maximum absolute atomic E-state index is 3.90. The molecule has 0 N–H and O–H groups in total. The van der Waals surface area contributed by atoms with Crippen molar-refractivity contribution >= 4 is 5.78 Å². The fourth-order valence-corrected chi connectivity index (χ4v) is 0.629. The van der Waals surface area contributed by atoms with Crippen molar-refractivity contribution in [2.45, 2.75) is 0 Å². The van der Waals surface area contributed by atoms with Gasteiger partial charge in [0.2, 0.25) is 6.33 Å². The van der Waals surface area contributed by atoms with E-state index in [0.717, 1.165) is 0 Å². The van der Waals surface area contributed by atoms with Crippen LogP contribution in [0.4, 0.5) is 0 Å². The Hall–Kier alpha value is -1.45. The molecule has 0 saturated heterocycles. The minimum absolute atomic E-state index is 0.581. The van der Waals surface area contributed by atoms with E-state index in [1.807, 2.05) is 0 Å². The van der Waals surface area contributed by atoms with Gasteiger partial charge in [0, 0.05) is 12.4 Å². The first-order valence-electron chi connectivity index (χ1n) is 2.50. The topological polar surface area (TPSA) is 43.1 Å². The maximum Gasteiger partial charge on any atom is 0.252 e. The average molecular weight is 119 g/mol. The van der Waals surface area contributed by atoms with E-state index in [2.05, 4.69) is 21.4 Å². The smallest absolute Gasteiger partial charge is 0.220 e. The molecule has 0 spiro atoms. The molecular weight excluding hydrogens is 116 g/mol. The van der Waals surface area contributed by atoms with Gasteiger partial charge in [-0.1, -0.05) is 0 Å². The Kier molecular flexibility index (Phi) is 0.745. The molecule has 0 aliphatic heterocycles. The monoisotopic (exact) mass is 119 g/mol. The summed E-state index contributed by atoms with van der Waals surface area (Å²) >= 11 is 0. The van der Waals surface area contributed by atoms with Gasteiger partial charge in [-0.05, 0) is 6.07 Å². The van der Waals surface area contributed by atoms with E-state index in [0.29, 0.717) is 5.78 Å². The Bertz CT molecular complexity index is 283. The molecular formula is C5H3N4. The van der Waals surface area contributed by atoms with Crippen LogP contribution in [0.25, 0.3) is 5.78 Å². The van der Waals surface area contributed by atoms with E-state index < -0.39 is 0 Å². The standard InChI is InChI=1S/C5H3N4/c1-2-6-5-7-4-8-9(5)3-1/h1-3H. The van der Waals surface area contributed by atoms with Crippen LogP contribution in [0.15, 0.2) is 18.5 Å². The van der Waals surface area contributed by atoms with Crippen LogP contribution in [-0.2, 0) is 0 Å². The zero-order valence-corrected chi connectivity index (χ0v) is 4.52. The molecule has 4 heteroatoms. The van der Waals surface area contributed by atoms with Crippen molar-refractivity contribution < 1.29 is 0 Å². The van der Waals surface area contributed by atoms with Crippen molar-refractivity contribution in [2.75, 3.05) is 0 Å². The summed E-state index contributed by atoms with van der Waals surface area (Å²) in [6, 6.07) is 1.79. The molecule has 2 rings (SSSR count). The van der Waals surface area contributed by atoms with Crippen LogP contribution in [0.5, 0.6) is 0 Å². The normalized spacial score (nSPS) is 10.2. The second-order valence-corrected chi connectivity index (χ2v) is 1.58. The Morgan fingerprint density at radius 3 is 3.44 bits per heavy atom. The maximum atomic E-state index is 3.90. The van der Waals surface area contributed by atoms with Gasteiger partial charge in [0.15, 0.2) is 0 Å². The fraction of sp³-hybridized carbons (Fsp3) is 0. The number of rotatable bonds is 0. The molecule has 43 valence electrons. The van der Waals surface area contributed by atoms with Crippen molar-refractivity contribution in [1.82, 2.24) is 19.6 Å². The van der Waals surface area contributed by atoms with Gasteiger partial charge in [-0.3, -0.25) is 0 Å². The minimum atomic E-state index is 0.581. The fourth-order valence-electron chi connectivity index (χ4n) is 0.629. The third-order valence-electron chi connectivity index (χ3n) is 1.01. The molecule has 0 saturated carbocycles. The van der Waals surface area contributed by atoms with Gasteiger partial charge < -0.3 is 0 Å². The Labute approximate surface area is 51.2 Å². The van der Waals surface area contributed by atoms with Crippen molar-refractivity contribution in [1.29, 1.82) is 0 Å². The third-order valence-corrected chi connectivity index (χ3v) is 1.01. The summed E-state index contributed by atoms with van der Waals surface area (Å²) in [5, 5.41) is 3.74. The van der Waals surface area contributed by atoms with Crippen LogP contribution in [-0.4, -0.2) is 19.6 Å². The molecule has 0 fully saturated rings. The molecule has 0 amide bonds. The molecule has 2 heterocycles. The van der Waals surface area contributed by atoms with Crippen molar-refractivity contribution in [3.63, 3.8) is 0 Å². The lowest BCUT2D eigenvalue weighted by Gasteiger charge is -1.83. The predicted octanol–water partition coefficient (Wildman–Crippen LogP) is -0.0755. The van der Waals surface area contributed by atoms with Crippen molar-refractivity contribution in [2.24, 2.45) is 0 Å². The number of hydrogen-bond acceptors (Lipinski definition) is 3. The second-order valence-electron chi connectivity index (χ2n) is 1.58. The summed E-state index contributed by atoms with van der Waals surface area (Å²) in [6.45, 7) is 0. The van der Waals surface area contributed by atoms with Crippen LogP contribution in [0.3, 0.4) is 0 Å². The molecule has 0 aromatic carbocycles. The summed E-state index contributed by atoms with van der Waals surface area (Å²) in [5.41, 5.74) is 0. The molecule has 0 atom stereocenters. The zero-order valence-electron chi connectivity index (χ0n) is 4.52. The van der Waals surface area contributed by atoms with Gasteiger partial charge in [0.1, 0.15) is 0 Å². The Morgan fingerprint density at radius 1 is 1.56 bits per heavy atom. The quantitative estimate of drug-likeness (QED) is 0.487. The highest BCUT2D eigenvalue weighted by Crippen LogP contribution is 1.87. The van der Waals surface area contributed by atoms with Gasteiger partial charge >= 0.3 is 0 Å². The van der Waals surface area contributed by atoms with Crippen molar-refractivity contribution in [3.8, 4) is 0 Å². The SMILES string of the molecule is [c]1nc2ncccn2n1. The van der Waals surface area contributed by atoms with Gasteiger partial charge in [0.05, 0.1) is 0 Å². The van der Waals surface area contributed by atoms with Gasteiger partial charge in [-0.2, -0.15) is 4.98 Å². The summed E-state index contributed by atoms with van der Waals surface area (Å²) < 4.78 is 1.56. The number of nitrogens with zero attached hydrogens (tertiary/aromatic N) is 4. The largest absolute Gasteiger partial charge is 0.252 e. The van der Waals surface area contributed by atoms with E-state index in [9.17, 15) is 0 Å². The number of hydrogen-bond donors (Lipinski definition) is 0. The summed E-state index contributed by atoms with van der Waals surface area (Å²) in [4.78, 5) is 7.63. The van der Waals surface area contributed by atoms with Crippen LogP contribution < -0.4 is 0 Å². The van der Waals surface area contributed by atoms with Crippen LogP contribution >= 0.6 is 0 Å². The first-order valence-corrected chi connectivity index (χ1v) is 2.50. The van der Waals surface area contributed by atoms with Crippen LogP contribution in [0, 0.1) is 6.33 Å². The van der Waals surface area contributed by atoms with E-state index >= 15 is 0 Å². The molecule has 0 aliphatic rings. The molecule has 0 bridgehead atoms. The Morgan fingerprint density at radius 2 is 2.56 bits per heavy atom. The first kappa shape index (κ1) is 4.43. The number of aromatic nitrogens is 4. The average Bonchev–Trinajstić information content (AvgIpc) is 2.33. The summed E-state index contributed by atoms with van der Waals surface area (Å²) in [7, 11) is 0. The molecule has 2 aromatic rings. The Balaban J connectivity index is 2.95. The highest BCUT2D eigenvalue weighted by atomic mass is 15.3. The highest BCUT2D eigenvalue weighted by Gasteiger charge is 1.89. The van der Waals surface area contributed by atoms with E-state index in [1.54, 1.807) is 23.0 Å². The molecule has 1 radical (unpaired) electrons. The second kappa shape index (κ2) is 1.51. The molecule has 0 unspecified atom stereocenters. The lowest BCUT2D eigenvalue weighted by atomic mass is 10.7. The van der Waals surface area contributed by atoms with Gasteiger partial charge in [0.25, 0.3) is 5.78 Å². The summed E-state index contributed by atoms with van der Waals surface area (Å²) in [6.07, 6.45) is 5.87. The first-order chi connectivity index (χ1) is 4.47. The molecule has 4 nitrogen and oxygen atoms in total. The van der Waals surface area contributed by atoms with E-state index in [-0.39, 0.29) is 0 Å². The lowest BCUT2D eigenvalue weighted by molar-refractivity contribution is 0.935. The predicted molar refractivity (Wildman–Crippen MR) is 29.6 cm³/mol. The molecule has 0 aliphatic carbocycles. The highest BCUT2D eigenvalue weighted by molar-refractivity contribution is 5.21. The summed E-state index contributed by atoms with van der Waals surface area (Å²) in [5.74, 6) is 0.581. The number of fused-ring (bicyclic) bond motifs is 1. The zero-order chi connectivity index (χ0) is 6.10. The third kappa shape index (κ3) is 0.561. The molecule has 9 heavy (non-hydrogen) atoms. The van der Waals surface area contributed by atoms with E-state index in [4.69, 9.17) is 0 Å². The van der Waals surface area contributed by atoms with Gasteiger partial charge in [-0.25, -0.2) is 9.50 Å². The molecule has 2 aromatic heterocycles. The van der Waals surface area contributed by atoms with Gasteiger partial charge in [-0.15, -0.1) is 5.10 Å². The van der Waals surface area contributed by atoms with E-state index in [1.165, 1.54) is 0 Å².